The first-order valence-electron chi connectivity index (χ1n) is 6.49. The van der Waals surface area contributed by atoms with Crippen molar-refractivity contribution in [3.8, 4) is 5.82 Å². The van der Waals surface area contributed by atoms with Crippen molar-refractivity contribution in [2.24, 2.45) is 0 Å². The zero-order chi connectivity index (χ0) is 12.7. The van der Waals surface area contributed by atoms with E-state index in [4.69, 9.17) is 0 Å². The molecule has 0 fully saturated rings. The fraction of sp³-hybridized carbons (Fsp3) is 0.400. The Kier molecular flexibility index (Phi) is 2.71. The molecule has 0 radical (unpaired) electrons. The Morgan fingerprint density at radius 1 is 1.33 bits per heavy atom. The van der Waals surface area contributed by atoms with Crippen molar-refractivity contribution in [3.05, 3.63) is 46.9 Å². The van der Waals surface area contributed by atoms with Crippen molar-refractivity contribution in [2.45, 2.75) is 39.2 Å². The average Bonchev–Trinajstić information content (AvgIpc) is 2.67. The minimum absolute atomic E-state index is 0.307. The first-order valence-corrected chi connectivity index (χ1v) is 6.49. The summed E-state index contributed by atoms with van der Waals surface area (Å²) in [6, 6.07) is 6.20. The summed E-state index contributed by atoms with van der Waals surface area (Å²) in [5.74, 6) is 0.961. The van der Waals surface area contributed by atoms with Gasteiger partial charge in [0.1, 0.15) is 5.82 Å². The van der Waals surface area contributed by atoms with Crippen LogP contribution in [0.1, 0.15) is 41.5 Å². The van der Waals surface area contributed by atoms with Gasteiger partial charge in [0.25, 0.3) is 0 Å². The second kappa shape index (κ2) is 4.25. The lowest BCUT2D eigenvalue weighted by atomic mass is 9.95. The number of hydrogen-bond donors (Lipinski definition) is 1. The van der Waals surface area contributed by atoms with Gasteiger partial charge in [-0.3, -0.25) is 0 Å². The summed E-state index contributed by atoms with van der Waals surface area (Å²) in [6.45, 7) is 4.15. The van der Waals surface area contributed by atoms with Crippen molar-refractivity contribution in [2.75, 3.05) is 0 Å². The average molecular weight is 242 g/mol. The Bertz CT molecular complexity index is 586. The van der Waals surface area contributed by atoms with Crippen LogP contribution in [0.25, 0.3) is 5.82 Å². The number of aromatic nitrogens is 2. The summed E-state index contributed by atoms with van der Waals surface area (Å²) >= 11 is 0. The van der Waals surface area contributed by atoms with Gasteiger partial charge in [-0.25, -0.2) is 4.98 Å². The topological polar surface area (TPSA) is 38.0 Å². The largest absolute Gasteiger partial charge is 0.388 e. The van der Waals surface area contributed by atoms with Crippen LogP contribution in [0.3, 0.4) is 0 Å². The molecule has 94 valence electrons. The normalized spacial score (nSPS) is 18.7. The molecule has 1 aliphatic carbocycles. The van der Waals surface area contributed by atoms with E-state index in [0.717, 1.165) is 36.3 Å². The number of aliphatic hydroxyl groups excluding tert-OH is 1. The molecule has 0 amide bonds. The summed E-state index contributed by atoms with van der Waals surface area (Å²) in [7, 11) is 0. The van der Waals surface area contributed by atoms with Crippen LogP contribution >= 0.6 is 0 Å². The highest BCUT2D eigenvalue weighted by Gasteiger charge is 2.23. The van der Waals surface area contributed by atoms with Gasteiger partial charge in [-0.15, -0.1) is 0 Å². The minimum Gasteiger partial charge on any atom is -0.388 e. The van der Waals surface area contributed by atoms with Crippen LogP contribution in [0.4, 0.5) is 0 Å². The van der Waals surface area contributed by atoms with E-state index < -0.39 is 0 Å². The molecule has 0 bridgehead atoms. The smallest absolute Gasteiger partial charge is 0.137 e. The summed E-state index contributed by atoms with van der Waals surface area (Å²) < 4.78 is 2.19. The molecule has 18 heavy (non-hydrogen) atoms. The van der Waals surface area contributed by atoms with Crippen molar-refractivity contribution >= 4 is 0 Å². The fourth-order valence-corrected chi connectivity index (χ4v) is 2.84. The van der Waals surface area contributed by atoms with Gasteiger partial charge in [-0.2, -0.15) is 0 Å². The minimum atomic E-state index is -0.307. The van der Waals surface area contributed by atoms with Crippen molar-refractivity contribution in [1.29, 1.82) is 0 Å². The standard InChI is InChI=1S/C15H18N2O/c1-10-6-7-16-15(8-10)17-11(2)9-12-13(17)4-3-5-14(12)18/h6-9,14,18H,3-5H2,1-2H3. The van der Waals surface area contributed by atoms with Crippen LogP contribution in [-0.2, 0) is 6.42 Å². The zero-order valence-electron chi connectivity index (χ0n) is 10.8. The third-order valence-electron chi connectivity index (χ3n) is 3.70. The summed E-state index contributed by atoms with van der Waals surface area (Å²) in [5, 5.41) is 10.1. The summed E-state index contributed by atoms with van der Waals surface area (Å²) in [6.07, 6.45) is 4.48. The molecule has 3 heteroatoms. The van der Waals surface area contributed by atoms with E-state index in [0.29, 0.717) is 0 Å². The van der Waals surface area contributed by atoms with Gasteiger partial charge >= 0.3 is 0 Å². The van der Waals surface area contributed by atoms with E-state index in [1.54, 1.807) is 0 Å². The van der Waals surface area contributed by atoms with Gasteiger partial charge in [-0.1, -0.05) is 0 Å². The van der Waals surface area contributed by atoms with E-state index in [1.807, 2.05) is 12.3 Å². The Labute approximate surface area is 107 Å². The molecule has 0 aromatic carbocycles. The predicted molar refractivity (Wildman–Crippen MR) is 70.9 cm³/mol. The lowest BCUT2D eigenvalue weighted by molar-refractivity contribution is 0.156. The van der Waals surface area contributed by atoms with Crippen LogP contribution in [0.15, 0.2) is 24.4 Å². The molecule has 3 nitrogen and oxygen atoms in total. The van der Waals surface area contributed by atoms with Gasteiger partial charge < -0.3 is 9.67 Å². The van der Waals surface area contributed by atoms with Gasteiger partial charge in [0, 0.05) is 23.1 Å². The van der Waals surface area contributed by atoms with E-state index >= 15 is 0 Å². The van der Waals surface area contributed by atoms with E-state index in [9.17, 15) is 5.11 Å². The molecule has 1 atom stereocenters. The van der Waals surface area contributed by atoms with Gasteiger partial charge in [0.15, 0.2) is 0 Å². The molecular weight excluding hydrogens is 224 g/mol. The maximum Gasteiger partial charge on any atom is 0.137 e. The highest BCUT2D eigenvalue weighted by atomic mass is 16.3. The molecule has 1 N–H and O–H groups in total. The number of hydrogen-bond acceptors (Lipinski definition) is 2. The highest BCUT2D eigenvalue weighted by Crippen LogP contribution is 2.33. The molecule has 1 unspecified atom stereocenters. The van der Waals surface area contributed by atoms with Crippen molar-refractivity contribution < 1.29 is 5.11 Å². The van der Waals surface area contributed by atoms with Crippen LogP contribution in [0, 0.1) is 13.8 Å². The predicted octanol–water partition coefficient (Wildman–Crippen LogP) is 2.86. The Hall–Kier alpha value is -1.61. The molecule has 1 aliphatic rings. The van der Waals surface area contributed by atoms with Gasteiger partial charge in [-0.05, 0) is 56.9 Å². The summed E-state index contributed by atoms with van der Waals surface area (Å²) in [5.41, 5.74) is 4.67. The molecule has 0 aliphatic heterocycles. The molecule has 2 aromatic heterocycles. The van der Waals surface area contributed by atoms with Crippen LogP contribution in [0.2, 0.25) is 0 Å². The van der Waals surface area contributed by atoms with Crippen molar-refractivity contribution in [3.63, 3.8) is 0 Å². The number of nitrogens with zero attached hydrogens (tertiary/aromatic N) is 2. The first kappa shape index (κ1) is 11.5. The molecular formula is C15H18N2O. The molecule has 3 rings (SSSR count). The second-order valence-electron chi connectivity index (χ2n) is 5.12. The first-order chi connectivity index (χ1) is 8.66. The third-order valence-corrected chi connectivity index (χ3v) is 3.70. The lowest BCUT2D eigenvalue weighted by Crippen LogP contribution is -2.12. The van der Waals surface area contributed by atoms with Gasteiger partial charge in [0.05, 0.1) is 6.10 Å². The highest BCUT2D eigenvalue weighted by molar-refractivity contribution is 5.40. The monoisotopic (exact) mass is 242 g/mol. The SMILES string of the molecule is Cc1ccnc(-n2c(C)cc3c2CCCC3O)c1. The zero-order valence-corrected chi connectivity index (χ0v) is 10.8. The number of aryl methyl sites for hydroxylation is 2. The van der Waals surface area contributed by atoms with E-state index in [-0.39, 0.29) is 6.10 Å². The number of fused-ring (bicyclic) bond motifs is 1. The van der Waals surface area contributed by atoms with Crippen molar-refractivity contribution in [1.82, 2.24) is 9.55 Å². The van der Waals surface area contributed by atoms with E-state index in [1.165, 1.54) is 11.3 Å². The fourth-order valence-electron chi connectivity index (χ4n) is 2.84. The molecule has 0 saturated heterocycles. The summed E-state index contributed by atoms with van der Waals surface area (Å²) in [4.78, 5) is 4.46. The molecule has 0 saturated carbocycles. The Morgan fingerprint density at radius 3 is 2.94 bits per heavy atom. The lowest BCUT2D eigenvalue weighted by Gasteiger charge is -2.20. The molecule has 2 aromatic rings. The van der Waals surface area contributed by atoms with Crippen LogP contribution < -0.4 is 0 Å². The van der Waals surface area contributed by atoms with E-state index in [2.05, 4.69) is 35.5 Å². The maximum absolute atomic E-state index is 10.1. The molecule has 0 spiro atoms. The molecule has 2 heterocycles. The Balaban J connectivity index is 2.18. The van der Waals surface area contributed by atoms with Crippen LogP contribution in [0.5, 0.6) is 0 Å². The number of rotatable bonds is 1. The maximum atomic E-state index is 10.1. The number of aliphatic hydroxyl groups is 1. The Morgan fingerprint density at radius 2 is 2.17 bits per heavy atom. The second-order valence-corrected chi connectivity index (χ2v) is 5.12. The third kappa shape index (κ3) is 1.75. The van der Waals surface area contributed by atoms with Gasteiger partial charge in [0.2, 0.25) is 0 Å². The number of pyridine rings is 1. The quantitative estimate of drug-likeness (QED) is 0.835. The van der Waals surface area contributed by atoms with Crippen LogP contribution in [-0.4, -0.2) is 14.7 Å².